The van der Waals surface area contributed by atoms with Gasteiger partial charge in [-0.05, 0) is 24.0 Å². The maximum absolute atomic E-state index is 4.45. The van der Waals surface area contributed by atoms with Crippen molar-refractivity contribution in [2.24, 2.45) is 0 Å². The zero-order valence-corrected chi connectivity index (χ0v) is 8.81. The lowest BCUT2D eigenvalue weighted by Gasteiger charge is -2.14. The standard InChI is InChI=1S/C11H16S/c1-8(2)10-6-4-5-7-11(10)9(3)12/h4-9,12H,1-3H3. The fourth-order valence-corrected chi connectivity index (χ4v) is 1.65. The third-order valence-corrected chi connectivity index (χ3v) is 2.35. The molecule has 0 aliphatic heterocycles. The highest BCUT2D eigenvalue weighted by Crippen LogP contribution is 2.27. The normalized spacial score (nSPS) is 13.4. The van der Waals surface area contributed by atoms with Gasteiger partial charge in [0, 0.05) is 5.25 Å². The zero-order chi connectivity index (χ0) is 9.14. The molecule has 0 aliphatic carbocycles. The Morgan fingerprint density at radius 2 is 1.50 bits per heavy atom. The number of hydrogen-bond acceptors (Lipinski definition) is 1. The van der Waals surface area contributed by atoms with Crippen LogP contribution in [0.15, 0.2) is 24.3 Å². The molecule has 0 radical (unpaired) electrons. The van der Waals surface area contributed by atoms with Gasteiger partial charge in [-0.25, -0.2) is 0 Å². The van der Waals surface area contributed by atoms with E-state index in [0.717, 1.165) is 0 Å². The van der Waals surface area contributed by atoms with E-state index >= 15 is 0 Å². The Bertz CT molecular complexity index is 224. The highest BCUT2D eigenvalue weighted by molar-refractivity contribution is 7.80. The van der Waals surface area contributed by atoms with Crippen LogP contribution in [0.4, 0.5) is 0 Å². The molecule has 1 aromatic rings. The Kier molecular flexibility index (Phi) is 3.21. The molecule has 12 heavy (non-hydrogen) atoms. The van der Waals surface area contributed by atoms with Crippen LogP contribution in [0.5, 0.6) is 0 Å². The molecule has 1 atom stereocenters. The van der Waals surface area contributed by atoms with Crippen molar-refractivity contribution in [1.82, 2.24) is 0 Å². The maximum Gasteiger partial charge on any atom is 0.0241 e. The first-order chi connectivity index (χ1) is 5.63. The monoisotopic (exact) mass is 180 g/mol. The third kappa shape index (κ3) is 2.04. The fraction of sp³-hybridized carbons (Fsp3) is 0.455. The number of benzene rings is 1. The van der Waals surface area contributed by atoms with Crippen molar-refractivity contribution in [2.75, 3.05) is 0 Å². The van der Waals surface area contributed by atoms with Gasteiger partial charge in [0.1, 0.15) is 0 Å². The molecule has 0 spiro atoms. The number of hydrogen-bond donors (Lipinski definition) is 1. The summed E-state index contributed by atoms with van der Waals surface area (Å²) in [5.74, 6) is 0.593. The van der Waals surface area contributed by atoms with Crippen molar-refractivity contribution in [2.45, 2.75) is 31.9 Å². The first kappa shape index (κ1) is 9.66. The average molecular weight is 180 g/mol. The van der Waals surface area contributed by atoms with Gasteiger partial charge >= 0.3 is 0 Å². The molecule has 0 amide bonds. The molecular weight excluding hydrogens is 164 g/mol. The minimum atomic E-state index is 0.337. The summed E-state index contributed by atoms with van der Waals surface area (Å²) < 4.78 is 0. The van der Waals surface area contributed by atoms with Gasteiger partial charge in [0.25, 0.3) is 0 Å². The smallest absolute Gasteiger partial charge is 0.0241 e. The first-order valence-corrected chi connectivity index (χ1v) is 4.91. The molecule has 0 aromatic heterocycles. The molecule has 0 heterocycles. The summed E-state index contributed by atoms with van der Waals surface area (Å²) >= 11 is 4.45. The van der Waals surface area contributed by atoms with E-state index in [0.29, 0.717) is 11.2 Å². The van der Waals surface area contributed by atoms with Crippen molar-refractivity contribution in [3.63, 3.8) is 0 Å². The van der Waals surface area contributed by atoms with Crippen LogP contribution in [0.2, 0.25) is 0 Å². The summed E-state index contributed by atoms with van der Waals surface area (Å²) in [7, 11) is 0. The lowest BCUT2D eigenvalue weighted by Crippen LogP contribution is -1.95. The van der Waals surface area contributed by atoms with E-state index in [4.69, 9.17) is 0 Å². The van der Waals surface area contributed by atoms with Crippen LogP contribution in [0, 0.1) is 0 Å². The van der Waals surface area contributed by atoms with E-state index in [9.17, 15) is 0 Å². The second kappa shape index (κ2) is 3.99. The van der Waals surface area contributed by atoms with Crippen LogP contribution in [-0.4, -0.2) is 0 Å². The minimum Gasteiger partial charge on any atom is -0.171 e. The van der Waals surface area contributed by atoms with Crippen molar-refractivity contribution in [3.05, 3.63) is 35.4 Å². The Hall–Kier alpha value is -0.430. The molecule has 66 valence electrons. The largest absolute Gasteiger partial charge is 0.171 e. The lowest BCUT2D eigenvalue weighted by atomic mass is 9.96. The van der Waals surface area contributed by atoms with Gasteiger partial charge in [-0.1, -0.05) is 38.1 Å². The van der Waals surface area contributed by atoms with Gasteiger partial charge in [0.05, 0.1) is 0 Å². The molecule has 1 rings (SSSR count). The van der Waals surface area contributed by atoms with Crippen LogP contribution in [0.1, 0.15) is 43.1 Å². The summed E-state index contributed by atoms with van der Waals surface area (Å²) in [4.78, 5) is 0. The molecule has 0 aliphatic rings. The fourth-order valence-electron chi connectivity index (χ4n) is 1.42. The van der Waals surface area contributed by atoms with E-state index in [1.165, 1.54) is 11.1 Å². The molecule has 0 saturated heterocycles. The highest BCUT2D eigenvalue weighted by atomic mass is 32.1. The van der Waals surface area contributed by atoms with Crippen LogP contribution < -0.4 is 0 Å². The second-order valence-electron chi connectivity index (χ2n) is 3.46. The third-order valence-electron chi connectivity index (χ3n) is 2.07. The Morgan fingerprint density at radius 1 is 1.00 bits per heavy atom. The zero-order valence-electron chi connectivity index (χ0n) is 7.91. The van der Waals surface area contributed by atoms with Crippen LogP contribution in [-0.2, 0) is 0 Å². The highest BCUT2D eigenvalue weighted by Gasteiger charge is 2.08. The Balaban J connectivity index is 3.09. The minimum absolute atomic E-state index is 0.337. The summed E-state index contributed by atoms with van der Waals surface area (Å²) in [6.45, 7) is 6.55. The van der Waals surface area contributed by atoms with E-state index < -0.39 is 0 Å². The lowest BCUT2D eigenvalue weighted by molar-refractivity contribution is 0.842. The quantitative estimate of drug-likeness (QED) is 0.657. The van der Waals surface area contributed by atoms with Crippen molar-refractivity contribution in [1.29, 1.82) is 0 Å². The predicted octanol–water partition coefficient (Wildman–Crippen LogP) is 3.80. The van der Waals surface area contributed by atoms with E-state index in [1.54, 1.807) is 0 Å². The SMILES string of the molecule is CC(C)c1ccccc1C(C)S. The summed E-state index contributed by atoms with van der Waals surface area (Å²) in [5, 5.41) is 0.337. The molecule has 0 bridgehead atoms. The van der Waals surface area contributed by atoms with Crippen molar-refractivity contribution >= 4 is 12.6 Å². The number of rotatable bonds is 2. The van der Waals surface area contributed by atoms with E-state index in [1.807, 2.05) is 0 Å². The molecule has 1 unspecified atom stereocenters. The average Bonchev–Trinajstić information content (AvgIpc) is 2.04. The Morgan fingerprint density at radius 3 is 1.83 bits per heavy atom. The maximum atomic E-state index is 4.45. The molecular formula is C11H16S. The van der Waals surface area contributed by atoms with Crippen LogP contribution in [0.25, 0.3) is 0 Å². The second-order valence-corrected chi connectivity index (χ2v) is 4.23. The molecule has 1 heteroatoms. The molecule has 0 fully saturated rings. The van der Waals surface area contributed by atoms with Gasteiger partial charge in [-0.15, -0.1) is 0 Å². The number of thiol groups is 1. The molecule has 0 nitrogen and oxygen atoms in total. The summed E-state index contributed by atoms with van der Waals surface area (Å²) in [5.41, 5.74) is 2.77. The molecule has 0 N–H and O–H groups in total. The summed E-state index contributed by atoms with van der Waals surface area (Å²) in [6, 6.07) is 8.52. The van der Waals surface area contributed by atoms with Gasteiger partial charge in [0.2, 0.25) is 0 Å². The van der Waals surface area contributed by atoms with Gasteiger partial charge in [-0.2, -0.15) is 12.6 Å². The first-order valence-electron chi connectivity index (χ1n) is 4.39. The summed E-state index contributed by atoms with van der Waals surface area (Å²) in [6.07, 6.45) is 0. The van der Waals surface area contributed by atoms with Crippen LogP contribution >= 0.6 is 12.6 Å². The van der Waals surface area contributed by atoms with Crippen molar-refractivity contribution < 1.29 is 0 Å². The van der Waals surface area contributed by atoms with Gasteiger partial charge < -0.3 is 0 Å². The van der Waals surface area contributed by atoms with Crippen molar-refractivity contribution in [3.8, 4) is 0 Å². The van der Waals surface area contributed by atoms with E-state index in [2.05, 4.69) is 57.7 Å². The molecule has 0 saturated carbocycles. The van der Waals surface area contributed by atoms with E-state index in [-0.39, 0.29) is 0 Å². The van der Waals surface area contributed by atoms with Gasteiger partial charge in [0.15, 0.2) is 0 Å². The molecule has 1 aromatic carbocycles. The topological polar surface area (TPSA) is 0 Å². The predicted molar refractivity (Wildman–Crippen MR) is 57.9 cm³/mol. The Labute approximate surface area is 80.4 Å². The van der Waals surface area contributed by atoms with Gasteiger partial charge in [-0.3, -0.25) is 0 Å². The van der Waals surface area contributed by atoms with Crippen LogP contribution in [0.3, 0.4) is 0 Å².